The third kappa shape index (κ3) is 6.64. The Hall–Kier alpha value is -6.04. The summed E-state index contributed by atoms with van der Waals surface area (Å²) in [5.41, 5.74) is 6.42. The second kappa shape index (κ2) is 13.5. The lowest BCUT2D eigenvalue weighted by atomic mass is 10.1. The van der Waals surface area contributed by atoms with Crippen molar-refractivity contribution in [3.05, 3.63) is 95.5 Å². The van der Waals surface area contributed by atoms with Crippen molar-refractivity contribution in [3.8, 4) is 22.9 Å². The van der Waals surface area contributed by atoms with Crippen LogP contribution in [0, 0.1) is 6.92 Å². The summed E-state index contributed by atoms with van der Waals surface area (Å²) in [5.74, 6) is 2.21. The number of ketones is 1. The standard InChI is InChI=1S/C38H37N7O5/c1-22-14-26-19-39-30-18-33(23(2)15-28(30)38(48)45(26)20-22)50-13-5-6-35(47)42-34-21-44(3)37(43-34)32(46)16-24-7-9-25(10-8-24)36-40-29-12-11-27(49-4)17-31(29)41-36/h7-12,15,17-19,21,26H,1,5-6,13-14,16,20H2,2-4H3,(H,40,41)(H,42,47). The van der Waals surface area contributed by atoms with Crippen LogP contribution in [0.15, 0.2) is 77.9 Å². The molecule has 0 aliphatic carbocycles. The second-order valence-corrected chi connectivity index (χ2v) is 12.7. The number of aryl methyl sites for hydroxylation is 2. The molecule has 1 atom stereocenters. The van der Waals surface area contributed by atoms with Crippen molar-refractivity contribution < 1.29 is 23.9 Å². The molecule has 254 valence electrons. The van der Waals surface area contributed by atoms with Gasteiger partial charge in [-0.2, -0.15) is 0 Å². The molecule has 7 rings (SSSR count). The number of H-pyrrole nitrogens is 1. The highest BCUT2D eigenvalue weighted by molar-refractivity contribution is 6.03. The normalized spacial score (nSPS) is 15.2. The highest BCUT2D eigenvalue weighted by Crippen LogP contribution is 2.35. The van der Waals surface area contributed by atoms with Gasteiger partial charge in [-0.15, -0.1) is 0 Å². The number of ether oxygens (including phenoxy) is 2. The fraction of sp³-hybridized carbons (Fsp3) is 0.263. The predicted molar refractivity (Wildman–Crippen MR) is 191 cm³/mol. The van der Waals surface area contributed by atoms with E-state index in [9.17, 15) is 14.4 Å². The van der Waals surface area contributed by atoms with E-state index in [1.54, 1.807) is 35.9 Å². The number of Topliss-reactive ketones (excluding diaryl/α,β-unsaturated/α-hetero) is 1. The van der Waals surface area contributed by atoms with Crippen molar-refractivity contribution in [3.63, 3.8) is 0 Å². The minimum Gasteiger partial charge on any atom is -0.497 e. The average molecular weight is 672 g/mol. The zero-order valence-electron chi connectivity index (χ0n) is 28.2. The molecule has 3 aromatic carbocycles. The molecule has 50 heavy (non-hydrogen) atoms. The van der Waals surface area contributed by atoms with Gasteiger partial charge >= 0.3 is 0 Å². The number of aromatic amines is 1. The van der Waals surface area contributed by atoms with E-state index in [0.29, 0.717) is 42.4 Å². The van der Waals surface area contributed by atoms with Gasteiger partial charge in [-0.1, -0.05) is 36.4 Å². The molecule has 0 bridgehead atoms. The van der Waals surface area contributed by atoms with Crippen molar-refractivity contribution in [1.82, 2.24) is 24.4 Å². The number of nitrogens with zero attached hydrogens (tertiary/aromatic N) is 5. The topological polar surface area (TPSA) is 144 Å². The summed E-state index contributed by atoms with van der Waals surface area (Å²) in [6, 6.07) is 16.8. The van der Waals surface area contributed by atoms with Crippen LogP contribution in [0.4, 0.5) is 11.5 Å². The van der Waals surface area contributed by atoms with Crippen LogP contribution in [0.1, 0.15) is 51.4 Å². The number of amides is 2. The number of hydrogen-bond acceptors (Lipinski definition) is 8. The summed E-state index contributed by atoms with van der Waals surface area (Å²) in [5, 5.41) is 2.79. The molecule has 0 spiro atoms. The number of fused-ring (bicyclic) bond motifs is 3. The molecule has 1 fully saturated rings. The molecule has 12 heteroatoms. The quantitative estimate of drug-likeness (QED) is 0.0998. The Morgan fingerprint density at radius 2 is 1.92 bits per heavy atom. The van der Waals surface area contributed by atoms with Gasteiger partial charge < -0.3 is 29.2 Å². The van der Waals surface area contributed by atoms with Crippen LogP contribution in [-0.2, 0) is 18.3 Å². The number of rotatable bonds is 11. The van der Waals surface area contributed by atoms with Gasteiger partial charge in [0.05, 0.1) is 42.0 Å². The van der Waals surface area contributed by atoms with Gasteiger partial charge in [0.2, 0.25) is 11.7 Å². The van der Waals surface area contributed by atoms with Crippen LogP contribution >= 0.6 is 0 Å². The summed E-state index contributed by atoms with van der Waals surface area (Å²) in [4.78, 5) is 57.7. The third-order valence-electron chi connectivity index (χ3n) is 8.94. The Kier molecular flexibility index (Phi) is 8.75. The minimum atomic E-state index is -0.235. The fourth-order valence-electron chi connectivity index (χ4n) is 6.32. The van der Waals surface area contributed by atoms with Gasteiger partial charge in [-0.05, 0) is 49.1 Å². The van der Waals surface area contributed by atoms with Crippen LogP contribution in [0.25, 0.3) is 22.4 Å². The molecule has 2 aliphatic rings. The molecular formula is C38H37N7O5. The van der Waals surface area contributed by atoms with Crippen molar-refractivity contribution in [1.29, 1.82) is 0 Å². The van der Waals surface area contributed by atoms with Gasteiger partial charge in [0.15, 0.2) is 11.6 Å². The summed E-state index contributed by atoms with van der Waals surface area (Å²) in [6.07, 6.45) is 4.97. The van der Waals surface area contributed by atoms with Gasteiger partial charge in [0, 0.05) is 56.5 Å². The number of anilines is 1. The first-order chi connectivity index (χ1) is 24.1. The van der Waals surface area contributed by atoms with Gasteiger partial charge in [0.25, 0.3) is 5.91 Å². The molecule has 2 aromatic heterocycles. The molecule has 4 heterocycles. The Morgan fingerprint density at radius 1 is 1.10 bits per heavy atom. The van der Waals surface area contributed by atoms with E-state index < -0.39 is 0 Å². The molecule has 1 unspecified atom stereocenters. The van der Waals surface area contributed by atoms with Crippen molar-refractivity contribution in [2.45, 2.75) is 38.6 Å². The molecule has 5 aromatic rings. The first-order valence-electron chi connectivity index (χ1n) is 16.4. The zero-order chi connectivity index (χ0) is 34.9. The Labute approximate surface area is 288 Å². The second-order valence-electron chi connectivity index (χ2n) is 12.7. The molecule has 2 N–H and O–H groups in total. The Morgan fingerprint density at radius 3 is 2.72 bits per heavy atom. The lowest BCUT2D eigenvalue weighted by Gasteiger charge is -2.20. The van der Waals surface area contributed by atoms with Crippen LogP contribution < -0.4 is 14.8 Å². The van der Waals surface area contributed by atoms with E-state index >= 15 is 0 Å². The molecule has 0 radical (unpaired) electrons. The maximum absolute atomic E-state index is 13.2. The fourth-order valence-corrected chi connectivity index (χ4v) is 6.32. The van der Waals surface area contributed by atoms with E-state index in [1.165, 1.54) is 0 Å². The van der Waals surface area contributed by atoms with Crippen LogP contribution in [0.3, 0.4) is 0 Å². The average Bonchev–Trinajstić information content (AvgIpc) is 3.79. The number of hydrogen-bond donors (Lipinski definition) is 2. The summed E-state index contributed by atoms with van der Waals surface area (Å²) in [6.45, 7) is 6.76. The molecular weight excluding hydrogens is 634 g/mol. The number of aromatic nitrogens is 4. The van der Waals surface area contributed by atoms with E-state index in [0.717, 1.165) is 51.3 Å². The Bertz CT molecular complexity index is 2180. The highest BCUT2D eigenvalue weighted by atomic mass is 16.5. The number of carbonyl (C=O) groups excluding carboxylic acids is 3. The highest BCUT2D eigenvalue weighted by Gasteiger charge is 2.33. The largest absolute Gasteiger partial charge is 0.497 e. The van der Waals surface area contributed by atoms with Gasteiger partial charge in [-0.3, -0.25) is 19.4 Å². The number of methoxy groups -OCH3 is 1. The van der Waals surface area contributed by atoms with Crippen LogP contribution in [-0.4, -0.2) is 74.5 Å². The molecule has 12 nitrogen and oxygen atoms in total. The zero-order valence-corrected chi connectivity index (χ0v) is 28.2. The Balaban J connectivity index is 0.903. The van der Waals surface area contributed by atoms with E-state index in [-0.39, 0.29) is 42.3 Å². The van der Waals surface area contributed by atoms with Gasteiger partial charge in [0.1, 0.15) is 17.3 Å². The predicted octanol–water partition coefficient (Wildman–Crippen LogP) is 5.99. The number of nitrogens with one attached hydrogen (secondary N) is 2. The molecule has 2 amide bonds. The van der Waals surface area contributed by atoms with E-state index in [4.69, 9.17) is 9.47 Å². The summed E-state index contributed by atoms with van der Waals surface area (Å²) < 4.78 is 12.9. The number of aliphatic imine (C=N–C) groups is 1. The summed E-state index contributed by atoms with van der Waals surface area (Å²) >= 11 is 0. The van der Waals surface area contributed by atoms with Crippen molar-refractivity contribution >= 4 is 46.4 Å². The monoisotopic (exact) mass is 671 g/mol. The SMILES string of the molecule is C=C1CC2C=Nc3cc(OCCCC(=O)Nc4cn(C)c(C(=O)Cc5ccc(-c6nc7ccc(OC)cc7[nH]6)cc5)n4)c(C)cc3C(=O)N2C1. The van der Waals surface area contributed by atoms with E-state index in [1.807, 2.05) is 61.7 Å². The van der Waals surface area contributed by atoms with Gasteiger partial charge in [-0.25, -0.2) is 9.97 Å². The third-order valence-corrected chi connectivity index (χ3v) is 8.94. The van der Waals surface area contributed by atoms with E-state index in [2.05, 4.69) is 31.8 Å². The maximum Gasteiger partial charge on any atom is 0.256 e. The molecule has 0 saturated carbocycles. The first kappa shape index (κ1) is 32.5. The number of imidazole rings is 2. The smallest absolute Gasteiger partial charge is 0.256 e. The van der Waals surface area contributed by atoms with Crippen LogP contribution in [0.2, 0.25) is 0 Å². The first-order valence-corrected chi connectivity index (χ1v) is 16.4. The molecule has 2 aliphatic heterocycles. The minimum absolute atomic E-state index is 0.0530. The maximum atomic E-state index is 13.2. The number of benzene rings is 3. The summed E-state index contributed by atoms with van der Waals surface area (Å²) in [7, 11) is 3.35. The number of carbonyl (C=O) groups is 3. The van der Waals surface area contributed by atoms with Crippen LogP contribution in [0.5, 0.6) is 11.5 Å². The molecule has 1 saturated heterocycles. The van der Waals surface area contributed by atoms with Crippen molar-refractivity contribution in [2.75, 3.05) is 25.6 Å². The lowest BCUT2D eigenvalue weighted by Crippen LogP contribution is -2.35. The lowest BCUT2D eigenvalue weighted by molar-refractivity contribution is -0.116. The van der Waals surface area contributed by atoms with Crippen molar-refractivity contribution in [2.24, 2.45) is 12.0 Å².